The van der Waals surface area contributed by atoms with Crippen LogP contribution in [0.3, 0.4) is 0 Å². The number of hydrogen-bond acceptors (Lipinski definition) is 4. The Balaban J connectivity index is 2.14. The molecular formula is C20H31N3O3. The van der Waals surface area contributed by atoms with E-state index < -0.39 is 0 Å². The molecule has 0 aromatic heterocycles. The van der Waals surface area contributed by atoms with E-state index in [-0.39, 0.29) is 23.4 Å². The SMILES string of the molecule is CCC(C(=O)Nc1cccc(C(=O)NC(C)(C)C)c1C)N1CCOCC1. The van der Waals surface area contributed by atoms with Crippen molar-refractivity contribution >= 4 is 17.5 Å². The predicted octanol–water partition coefficient (Wildman–Crippen LogP) is 2.57. The number of rotatable bonds is 5. The first-order chi connectivity index (χ1) is 12.2. The second kappa shape index (κ2) is 8.64. The third kappa shape index (κ3) is 5.29. The van der Waals surface area contributed by atoms with Crippen LogP contribution < -0.4 is 10.6 Å². The van der Waals surface area contributed by atoms with Gasteiger partial charge in [0.2, 0.25) is 5.91 Å². The topological polar surface area (TPSA) is 70.7 Å². The molecule has 0 spiro atoms. The molecule has 1 aliphatic heterocycles. The van der Waals surface area contributed by atoms with E-state index in [0.29, 0.717) is 24.5 Å². The number of carbonyl (C=O) groups is 2. The normalized spacial score (nSPS) is 16.8. The maximum Gasteiger partial charge on any atom is 0.252 e. The van der Waals surface area contributed by atoms with Crippen LogP contribution in [0.5, 0.6) is 0 Å². The number of nitrogens with one attached hydrogen (secondary N) is 2. The minimum Gasteiger partial charge on any atom is -0.379 e. The summed E-state index contributed by atoms with van der Waals surface area (Å²) >= 11 is 0. The van der Waals surface area contributed by atoms with Crippen LogP contribution in [0.2, 0.25) is 0 Å². The van der Waals surface area contributed by atoms with E-state index in [2.05, 4.69) is 15.5 Å². The van der Waals surface area contributed by atoms with E-state index in [0.717, 1.165) is 25.1 Å². The Morgan fingerprint density at radius 2 is 1.88 bits per heavy atom. The molecule has 1 aromatic carbocycles. The van der Waals surface area contributed by atoms with Gasteiger partial charge in [-0.15, -0.1) is 0 Å². The van der Waals surface area contributed by atoms with Crippen molar-refractivity contribution in [1.29, 1.82) is 0 Å². The average Bonchev–Trinajstić information content (AvgIpc) is 2.57. The van der Waals surface area contributed by atoms with Gasteiger partial charge in [-0.05, 0) is 51.8 Å². The number of benzene rings is 1. The molecule has 1 saturated heterocycles. The average molecular weight is 361 g/mol. The zero-order valence-electron chi connectivity index (χ0n) is 16.5. The first-order valence-corrected chi connectivity index (χ1v) is 9.27. The van der Waals surface area contributed by atoms with Crippen molar-refractivity contribution < 1.29 is 14.3 Å². The molecule has 6 heteroatoms. The molecule has 1 heterocycles. The second-order valence-electron chi connectivity index (χ2n) is 7.74. The second-order valence-corrected chi connectivity index (χ2v) is 7.74. The lowest BCUT2D eigenvalue weighted by molar-refractivity contribution is -0.123. The summed E-state index contributed by atoms with van der Waals surface area (Å²) in [4.78, 5) is 27.5. The molecule has 144 valence electrons. The summed E-state index contributed by atoms with van der Waals surface area (Å²) in [6.07, 6.45) is 0.731. The van der Waals surface area contributed by atoms with Crippen LogP contribution in [0.25, 0.3) is 0 Å². The lowest BCUT2D eigenvalue weighted by atomic mass is 10.0. The predicted molar refractivity (Wildman–Crippen MR) is 103 cm³/mol. The van der Waals surface area contributed by atoms with Crippen LogP contribution in [0.1, 0.15) is 50.0 Å². The largest absolute Gasteiger partial charge is 0.379 e. The van der Waals surface area contributed by atoms with Crippen LogP contribution in [0, 0.1) is 6.92 Å². The van der Waals surface area contributed by atoms with Crippen molar-refractivity contribution in [3.8, 4) is 0 Å². The minimum atomic E-state index is -0.313. The Morgan fingerprint density at radius 1 is 1.23 bits per heavy atom. The highest BCUT2D eigenvalue weighted by Gasteiger charge is 2.26. The fourth-order valence-corrected chi connectivity index (χ4v) is 3.14. The molecule has 1 atom stereocenters. The fraction of sp³-hybridized carbons (Fsp3) is 0.600. The van der Waals surface area contributed by atoms with Crippen LogP contribution in [0.15, 0.2) is 18.2 Å². The smallest absolute Gasteiger partial charge is 0.252 e. The molecule has 1 fully saturated rings. The summed E-state index contributed by atoms with van der Waals surface area (Å²) < 4.78 is 5.38. The molecular weight excluding hydrogens is 330 g/mol. The van der Waals surface area contributed by atoms with Crippen molar-refractivity contribution in [2.24, 2.45) is 0 Å². The summed E-state index contributed by atoms with van der Waals surface area (Å²) in [5, 5.41) is 5.98. The molecule has 2 rings (SSSR count). The molecule has 2 amide bonds. The van der Waals surface area contributed by atoms with Gasteiger partial charge in [-0.1, -0.05) is 13.0 Å². The highest BCUT2D eigenvalue weighted by molar-refractivity contribution is 6.00. The van der Waals surface area contributed by atoms with E-state index in [9.17, 15) is 9.59 Å². The standard InChI is InChI=1S/C20H31N3O3/c1-6-17(23-10-12-26-13-11-23)19(25)21-16-9-7-8-15(14(16)2)18(24)22-20(3,4)5/h7-9,17H,6,10-13H2,1-5H3,(H,21,25)(H,22,24). The van der Waals surface area contributed by atoms with Crippen molar-refractivity contribution in [2.75, 3.05) is 31.6 Å². The van der Waals surface area contributed by atoms with Crippen LogP contribution >= 0.6 is 0 Å². The number of hydrogen-bond donors (Lipinski definition) is 2. The Labute approximate surface area is 156 Å². The van der Waals surface area contributed by atoms with Gasteiger partial charge < -0.3 is 15.4 Å². The summed E-state index contributed by atoms with van der Waals surface area (Å²) in [5.41, 5.74) is 1.73. The van der Waals surface area contributed by atoms with E-state index >= 15 is 0 Å². The molecule has 6 nitrogen and oxygen atoms in total. The Morgan fingerprint density at radius 3 is 2.46 bits per heavy atom. The maximum absolute atomic E-state index is 12.8. The van der Waals surface area contributed by atoms with Crippen LogP contribution in [-0.4, -0.2) is 54.6 Å². The van der Waals surface area contributed by atoms with Gasteiger partial charge in [-0.2, -0.15) is 0 Å². The fourth-order valence-electron chi connectivity index (χ4n) is 3.14. The Hall–Kier alpha value is -1.92. The minimum absolute atomic E-state index is 0.0362. The number of amides is 2. The molecule has 1 aliphatic rings. The lowest BCUT2D eigenvalue weighted by Gasteiger charge is -2.33. The molecule has 1 aromatic rings. The van der Waals surface area contributed by atoms with E-state index in [1.807, 2.05) is 40.7 Å². The number of carbonyl (C=O) groups excluding carboxylic acids is 2. The first-order valence-electron chi connectivity index (χ1n) is 9.27. The van der Waals surface area contributed by atoms with Crippen molar-refractivity contribution in [1.82, 2.24) is 10.2 Å². The molecule has 0 bridgehead atoms. The molecule has 0 aliphatic carbocycles. The molecule has 0 radical (unpaired) electrons. The van der Waals surface area contributed by atoms with Gasteiger partial charge in [0.1, 0.15) is 0 Å². The number of ether oxygens (including phenoxy) is 1. The van der Waals surface area contributed by atoms with Gasteiger partial charge in [0, 0.05) is 29.9 Å². The quantitative estimate of drug-likeness (QED) is 0.846. The van der Waals surface area contributed by atoms with Gasteiger partial charge in [-0.25, -0.2) is 0 Å². The van der Waals surface area contributed by atoms with Gasteiger partial charge in [0.15, 0.2) is 0 Å². The molecule has 26 heavy (non-hydrogen) atoms. The van der Waals surface area contributed by atoms with Crippen molar-refractivity contribution in [3.63, 3.8) is 0 Å². The molecule has 1 unspecified atom stereocenters. The van der Waals surface area contributed by atoms with E-state index in [1.54, 1.807) is 12.1 Å². The molecule has 0 saturated carbocycles. The van der Waals surface area contributed by atoms with Crippen molar-refractivity contribution in [3.05, 3.63) is 29.3 Å². The van der Waals surface area contributed by atoms with Gasteiger partial charge >= 0.3 is 0 Å². The zero-order chi connectivity index (χ0) is 19.3. The van der Waals surface area contributed by atoms with Gasteiger partial charge in [0.05, 0.1) is 19.3 Å². The third-order valence-corrected chi connectivity index (χ3v) is 4.50. The van der Waals surface area contributed by atoms with Crippen LogP contribution in [0.4, 0.5) is 5.69 Å². The first kappa shape index (κ1) is 20.4. The lowest BCUT2D eigenvalue weighted by Crippen LogP contribution is -2.49. The summed E-state index contributed by atoms with van der Waals surface area (Å²) in [6.45, 7) is 12.6. The van der Waals surface area contributed by atoms with Gasteiger partial charge in [-0.3, -0.25) is 14.5 Å². The number of nitrogens with zero attached hydrogens (tertiary/aromatic N) is 1. The zero-order valence-corrected chi connectivity index (χ0v) is 16.5. The number of anilines is 1. The highest BCUT2D eigenvalue weighted by atomic mass is 16.5. The molecule has 2 N–H and O–H groups in total. The van der Waals surface area contributed by atoms with E-state index in [4.69, 9.17) is 4.74 Å². The van der Waals surface area contributed by atoms with Crippen LogP contribution in [-0.2, 0) is 9.53 Å². The highest BCUT2D eigenvalue weighted by Crippen LogP contribution is 2.21. The van der Waals surface area contributed by atoms with Gasteiger partial charge in [0.25, 0.3) is 5.91 Å². The summed E-state index contributed by atoms with van der Waals surface area (Å²) in [7, 11) is 0. The third-order valence-electron chi connectivity index (χ3n) is 4.50. The Bertz CT molecular complexity index is 646. The maximum atomic E-state index is 12.8. The Kier molecular flexibility index (Phi) is 6.78. The van der Waals surface area contributed by atoms with E-state index in [1.165, 1.54) is 0 Å². The summed E-state index contributed by atoms with van der Waals surface area (Å²) in [5.74, 6) is -0.169. The number of morpholine rings is 1. The van der Waals surface area contributed by atoms with Crippen molar-refractivity contribution in [2.45, 2.75) is 52.6 Å². The monoisotopic (exact) mass is 361 g/mol. The summed E-state index contributed by atoms with van der Waals surface area (Å²) in [6, 6.07) is 5.24.